The zero-order valence-electron chi connectivity index (χ0n) is 13.9. The number of amides is 2. The lowest BCUT2D eigenvalue weighted by atomic mass is 10.2. The SMILES string of the molecule is CCOC(=O)/C=C(/C)NC(=O)Nc1cc(OC(C)C)c(Cl)cc1F. The summed E-state index contributed by atoms with van der Waals surface area (Å²) in [4.78, 5) is 23.1. The first-order valence-electron chi connectivity index (χ1n) is 7.31. The van der Waals surface area contributed by atoms with Crippen LogP contribution in [0.4, 0.5) is 14.9 Å². The summed E-state index contributed by atoms with van der Waals surface area (Å²) in [6.45, 7) is 6.98. The zero-order valence-corrected chi connectivity index (χ0v) is 14.7. The Labute approximate surface area is 145 Å². The van der Waals surface area contributed by atoms with Crippen LogP contribution in [0, 0.1) is 5.82 Å². The van der Waals surface area contributed by atoms with E-state index in [0.29, 0.717) is 0 Å². The van der Waals surface area contributed by atoms with Gasteiger partial charge in [-0.15, -0.1) is 0 Å². The Morgan fingerprint density at radius 3 is 2.62 bits per heavy atom. The topological polar surface area (TPSA) is 76.7 Å². The van der Waals surface area contributed by atoms with E-state index in [-0.39, 0.29) is 34.9 Å². The molecule has 24 heavy (non-hydrogen) atoms. The number of halogens is 2. The first-order chi connectivity index (χ1) is 11.2. The summed E-state index contributed by atoms with van der Waals surface area (Å²) >= 11 is 5.90. The number of nitrogens with one attached hydrogen (secondary N) is 2. The molecule has 0 aliphatic heterocycles. The average molecular weight is 359 g/mol. The van der Waals surface area contributed by atoms with E-state index in [9.17, 15) is 14.0 Å². The Morgan fingerprint density at radius 2 is 2.04 bits per heavy atom. The van der Waals surface area contributed by atoms with Gasteiger partial charge in [-0.1, -0.05) is 11.6 Å². The smallest absolute Gasteiger partial charge is 0.332 e. The fourth-order valence-electron chi connectivity index (χ4n) is 1.70. The lowest BCUT2D eigenvalue weighted by molar-refractivity contribution is -0.137. The molecular weight excluding hydrogens is 339 g/mol. The van der Waals surface area contributed by atoms with Crippen LogP contribution in [0.2, 0.25) is 5.02 Å². The molecule has 0 bridgehead atoms. The van der Waals surface area contributed by atoms with E-state index in [1.54, 1.807) is 20.8 Å². The van der Waals surface area contributed by atoms with Crippen molar-refractivity contribution in [1.29, 1.82) is 0 Å². The summed E-state index contributed by atoms with van der Waals surface area (Å²) in [5.74, 6) is -1.04. The van der Waals surface area contributed by atoms with E-state index in [1.165, 1.54) is 13.0 Å². The average Bonchev–Trinajstić information content (AvgIpc) is 2.43. The van der Waals surface area contributed by atoms with E-state index in [1.807, 2.05) is 0 Å². The number of carbonyl (C=O) groups excluding carboxylic acids is 2. The molecule has 0 spiro atoms. The fraction of sp³-hybridized carbons (Fsp3) is 0.375. The van der Waals surface area contributed by atoms with Gasteiger partial charge in [0.05, 0.1) is 23.4 Å². The van der Waals surface area contributed by atoms with Crippen molar-refractivity contribution < 1.29 is 23.5 Å². The molecule has 0 aromatic heterocycles. The molecule has 0 fully saturated rings. The number of ether oxygens (including phenoxy) is 2. The second-order valence-electron chi connectivity index (χ2n) is 5.09. The van der Waals surface area contributed by atoms with Crippen molar-refractivity contribution in [2.45, 2.75) is 33.8 Å². The molecule has 0 saturated carbocycles. The van der Waals surface area contributed by atoms with E-state index >= 15 is 0 Å². The van der Waals surface area contributed by atoms with Gasteiger partial charge in [0.15, 0.2) is 0 Å². The van der Waals surface area contributed by atoms with Crippen molar-refractivity contribution in [3.63, 3.8) is 0 Å². The third kappa shape index (κ3) is 6.45. The Hall–Kier alpha value is -2.28. The number of allylic oxidation sites excluding steroid dienone is 1. The Morgan fingerprint density at radius 1 is 1.38 bits per heavy atom. The van der Waals surface area contributed by atoms with Gasteiger partial charge >= 0.3 is 12.0 Å². The highest BCUT2D eigenvalue weighted by Gasteiger charge is 2.13. The molecule has 0 aliphatic rings. The molecule has 0 saturated heterocycles. The van der Waals surface area contributed by atoms with Crippen LogP contribution in [0.25, 0.3) is 0 Å². The van der Waals surface area contributed by atoms with Gasteiger partial charge in [-0.25, -0.2) is 14.0 Å². The number of esters is 1. The van der Waals surface area contributed by atoms with Gasteiger partial charge in [0, 0.05) is 17.8 Å². The number of urea groups is 1. The zero-order chi connectivity index (χ0) is 18.3. The van der Waals surface area contributed by atoms with Gasteiger partial charge in [0.25, 0.3) is 0 Å². The van der Waals surface area contributed by atoms with Crippen molar-refractivity contribution in [2.75, 3.05) is 11.9 Å². The number of hydrogen-bond donors (Lipinski definition) is 2. The van der Waals surface area contributed by atoms with Crippen LogP contribution in [0.3, 0.4) is 0 Å². The highest BCUT2D eigenvalue weighted by molar-refractivity contribution is 6.32. The molecule has 0 aliphatic carbocycles. The van der Waals surface area contributed by atoms with Gasteiger partial charge in [-0.3, -0.25) is 0 Å². The Balaban J connectivity index is 2.81. The highest BCUT2D eigenvalue weighted by atomic mass is 35.5. The summed E-state index contributed by atoms with van der Waals surface area (Å²) in [6.07, 6.45) is 0.957. The molecule has 1 aromatic rings. The minimum atomic E-state index is -0.718. The van der Waals surface area contributed by atoms with E-state index in [0.717, 1.165) is 12.1 Å². The quantitative estimate of drug-likeness (QED) is 0.598. The minimum absolute atomic E-state index is 0.100. The third-order valence-electron chi connectivity index (χ3n) is 2.56. The predicted octanol–water partition coefficient (Wildman–Crippen LogP) is 3.85. The lowest BCUT2D eigenvalue weighted by Gasteiger charge is -2.14. The number of anilines is 1. The van der Waals surface area contributed by atoms with Crippen LogP contribution in [0.5, 0.6) is 5.75 Å². The van der Waals surface area contributed by atoms with Crippen LogP contribution in [0.1, 0.15) is 27.7 Å². The van der Waals surface area contributed by atoms with E-state index < -0.39 is 17.8 Å². The number of rotatable bonds is 6. The summed E-state index contributed by atoms with van der Waals surface area (Å²) in [7, 11) is 0. The molecule has 0 unspecified atom stereocenters. The molecule has 1 aromatic carbocycles. The van der Waals surface area contributed by atoms with Crippen LogP contribution in [-0.4, -0.2) is 24.7 Å². The molecule has 6 nitrogen and oxygen atoms in total. The van der Waals surface area contributed by atoms with E-state index in [4.69, 9.17) is 21.1 Å². The Kier molecular flexibility index (Phi) is 7.51. The maximum atomic E-state index is 13.9. The molecule has 2 amide bonds. The van der Waals surface area contributed by atoms with Crippen molar-refractivity contribution in [3.8, 4) is 5.75 Å². The Bertz CT molecular complexity index is 647. The number of benzene rings is 1. The lowest BCUT2D eigenvalue weighted by Crippen LogP contribution is -2.28. The highest BCUT2D eigenvalue weighted by Crippen LogP contribution is 2.31. The molecule has 0 radical (unpaired) electrons. The normalized spacial score (nSPS) is 11.2. The maximum Gasteiger partial charge on any atom is 0.332 e. The molecule has 132 valence electrons. The molecular formula is C16H20ClFN2O4. The summed E-state index contributed by atoms with van der Waals surface area (Å²) in [6, 6.07) is 1.63. The van der Waals surface area contributed by atoms with Crippen molar-refractivity contribution in [2.24, 2.45) is 0 Å². The molecule has 0 atom stereocenters. The van der Waals surface area contributed by atoms with E-state index in [2.05, 4.69) is 10.6 Å². The van der Waals surface area contributed by atoms with Gasteiger partial charge in [-0.2, -0.15) is 0 Å². The van der Waals surface area contributed by atoms with Crippen molar-refractivity contribution in [1.82, 2.24) is 5.32 Å². The van der Waals surface area contributed by atoms with Gasteiger partial charge in [-0.05, 0) is 33.8 Å². The molecule has 1 rings (SSSR count). The summed E-state index contributed by atoms with van der Waals surface area (Å²) in [5.41, 5.74) is 0.149. The predicted molar refractivity (Wildman–Crippen MR) is 89.7 cm³/mol. The van der Waals surface area contributed by atoms with Crippen LogP contribution >= 0.6 is 11.6 Å². The maximum absolute atomic E-state index is 13.9. The first-order valence-corrected chi connectivity index (χ1v) is 7.69. The summed E-state index contributed by atoms with van der Waals surface area (Å²) in [5, 5.41) is 4.82. The fourth-order valence-corrected chi connectivity index (χ4v) is 1.89. The van der Waals surface area contributed by atoms with Crippen molar-refractivity contribution >= 4 is 29.3 Å². The summed E-state index contributed by atoms with van der Waals surface area (Å²) < 4.78 is 24.1. The number of carbonyl (C=O) groups is 2. The second-order valence-corrected chi connectivity index (χ2v) is 5.49. The van der Waals surface area contributed by atoms with Crippen LogP contribution in [-0.2, 0) is 9.53 Å². The van der Waals surface area contributed by atoms with Gasteiger partial charge in [0.2, 0.25) is 0 Å². The molecule has 2 N–H and O–H groups in total. The van der Waals surface area contributed by atoms with Crippen LogP contribution in [0.15, 0.2) is 23.9 Å². The third-order valence-corrected chi connectivity index (χ3v) is 2.86. The molecule has 0 heterocycles. The molecule has 8 heteroatoms. The number of hydrogen-bond acceptors (Lipinski definition) is 4. The van der Waals surface area contributed by atoms with Gasteiger partial charge in [0.1, 0.15) is 11.6 Å². The second kappa shape index (κ2) is 9.12. The standard InChI is InChI=1S/C16H20ClFN2O4/c1-5-23-15(21)6-10(4)19-16(22)20-13-8-14(24-9(2)3)11(17)7-12(13)18/h6-9H,5H2,1-4H3,(H2,19,20,22)/b10-6-. The monoisotopic (exact) mass is 358 g/mol. The van der Waals surface area contributed by atoms with Crippen LogP contribution < -0.4 is 15.4 Å². The van der Waals surface area contributed by atoms with Gasteiger partial charge < -0.3 is 20.1 Å². The first kappa shape index (κ1) is 19.8. The minimum Gasteiger partial charge on any atom is -0.489 e. The largest absolute Gasteiger partial charge is 0.489 e. The van der Waals surface area contributed by atoms with Crippen molar-refractivity contribution in [3.05, 3.63) is 34.7 Å².